The number of fused-ring (bicyclic) bond motifs is 1. The summed E-state index contributed by atoms with van der Waals surface area (Å²) in [4.78, 5) is 26.1. The van der Waals surface area contributed by atoms with Crippen LogP contribution < -0.4 is 14.2 Å². The number of hydrogen-bond donors (Lipinski definition) is 0. The number of pyridine rings is 1. The van der Waals surface area contributed by atoms with Gasteiger partial charge in [-0.3, -0.25) is 4.57 Å². The van der Waals surface area contributed by atoms with Crippen LogP contribution in [0.15, 0.2) is 66.2 Å². The zero-order chi connectivity index (χ0) is 26.7. The molecule has 0 radical (unpaired) electrons. The molecule has 194 valence electrons. The molecule has 12 nitrogen and oxygen atoms in total. The number of hydrogen-bond acceptors (Lipinski definition) is 11. The summed E-state index contributed by atoms with van der Waals surface area (Å²) >= 11 is 0. The van der Waals surface area contributed by atoms with Gasteiger partial charge in [0.05, 0.1) is 32.7 Å². The highest BCUT2D eigenvalue weighted by molar-refractivity contribution is 7.90. The molecule has 0 spiro atoms. The quantitative estimate of drug-likeness (QED) is 0.258. The molecule has 0 atom stereocenters. The molecule has 0 amide bonds. The van der Waals surface area contributed by atoms with Crippen LogP contribution in [0.5, 0.6) is 17.4 Å². The molecule has 0 saturated heterocycles. The Balaban J connectivity index is 1.75. The zero-order valence-corrected chi connectivity index (χ0v) is 21.6. The number of para-hydroxylation sites is 1. The minimum absolute atomic E-state index is 0.183. The summed E-state index contributed by atoms with van der Waals surface area (Å²) in [6.45, 7) is 2.31. The molecule has 0 saturated carbocycles. The van der Waals surface area contributed by atoms with E-state index >= 15 is 0 Å². The molecule has 38 heavy (non-hydrogen) atoms. The predicted octanol–water partition coefficient (Wildman–Crippen LogP) is 3.06. The van der Waals surface area contributed by atoms with Crippen LogP contribution >= 0.6 is 0 Å². The van der Waals surface area contributed by atoms with E-state index in [4.69, 9.17) is 19.2 Å². The number of benzene rings is 1. The van der Waals surface area contributed by atoms with Gasteiger partial charge in [-0.15, -0.1) is 0 Å². The van der Waals surface area contributed by atoms with E-state index in [-0.39, 0.29) is 22.1 Å². The molecule has 5 aromatic rings. The highest BCUT2D eigenvalue weighted by atomic mass is 32.2. The van der Waals surface area contributed by atoms with Gasteiger partial charge in [0.15, 0.2) is 17.1 Å². The third-order valence-corrected chi connectivity index (χ3v) is 6.89. The van der Waals surface area contributed by atoms with Crippen LogP contribution in [0.4, 0.5) is 0 Å². The van der Waals surface area contributed by atoms with Gasteiger partial charge in [-0.25, -0.2) is 38.3 Å². The SMILES string of the molecule is CCOc1cccc(-c2nc3ncc(CS(=O)(=O)c4ncccn4)nc3n2-c2c(OC)cccc2OC)n1. The fraction of sp³-hybridized carbons (Fsp3) is 0.200. The Kier molecular flexibility index (Phi) is 6.83. The number of nitrogens with zero attached hydrogens (tertiary/aromatic N) is 7. The lowest BCUT2D eigenvalue weighted by atomic mass is 10.2. The number of ether oxygens (including phenoxy) is 3. The van der Waals surface area contributed by atoms with Gasteiger partial charge in [0.1, 0.15) is 28.6 Å². The summed E-state index contributed by atoms with van der Waals surface area (Å²) < 4.78 is 44.5. The number of methoxy groups -OCH3 is 2. The highest BCUT2D eigenvalue weighted by Crippen LogP contribution is 2.37. The van der Waals surface area contributed by atoms with Gasteiger partial charge in [-0.2, -0.15) is 0 Å². The molecule has 0 aliphatic carbocycles. The minimum Gasteiger partial charge on any atom is -0.494 e. The normalized spacial score (nSPS) is 11.4. The van der Waals surface area contributed by atoms with Crippen molar-refractivity contribution in [1.82, 2.24) is 34.5 Å². The fourth-order valence-electron chi connectivity index (χ4n) is 3.87. The van der Waals surface area contributed by atoms with Crippen LogP contribution in [-0.4, -0.2) is 63.7 Å². The standard InChI is InChI=1S/C25H23N7O5S/c1-4-37-20-11-5-8-17(30-20)23-31-22-24(32(23)21-18(35-2)9-6-10-19(21)36-3)29-16(14-28-22)15-38(33,34)25-26-12-7-13-27-25/h5-14H,4,15H2,1-3H3. The van der Waals surface area contributed by atoms with Crippen LogP contribution in [0.25, 0.3) is 28.5 Å². The Hall–Kier alpha value is -4.65. The summed E-state index contributed by atoms with van der Waals surface area (Å²) in [6, 6.07) is 12.2. The van der Waals surface area contributed by atoms with Gasteiger partial charge in [0, 0.05) is 18.5 Å². The van der Waals surface area contributed by atoms with Gasteiger partial charge >= 0.3 is 0 Å². The maximum atomic E-state index is 12.9. The molecular formula is C25H23N7O5S. The second kappa shape index (κ2) is 10.4. The van der Waals surface area contributed by atoms with Crippen molar-refractivity contribution in [2.24, 2.45) is 0 Å². The van der Waals surface area contributed by atoms with Crippen LogP contribution in [0, 0.1) is 0 Å². The summed E-state index contributed by atoms with van der Waals surface area (Å²) in [7, 11) is -0.803. The van der Waals surface area contributed by atoms with Crippen molar-refractivity contribution in [2.75, 3.05) is 20.8 Å². The van der Waals surface area contributed by atoms with Crippen LogP contribution in [0.1, 0.15) is 12.6 Å². The van der Waals surface area contributed by atoms with Crippen molar-refractivity contribution in [3.63, 3.8) is 0 Å². The highest BCUT2D eigenvalue weighted by Gasteiger charge is 2.25. The van der Waals surface area contributed by atoms with Gasteiger partial charge in [0.2, 0.25) is 20.9 Å². The number of rotatable bonds is 9. The maximum Gasteiger partial charge on any atom is 0.247 e. The molecule has 4 heterocycles. The van der Waals surface area contributed by atoms with Crippen molar-refractivity contribution in [1.29, 1.82) is 0 Å². The summed E-state index contributed by atoms with van der Waals surface area (Å²) in [6.07, 6.45) is 4.11. The molecule has 4 aromatic heterocycles. The number of sulfone groups is 1. The van der Waals surface area contributed by atoms with Crippen LogP contribution in [0.3, 0.4) is 0 Å². The van der Waals surface area contributed by atoms with E-state index in [1.807, 2.05) is 6.92 Å². The summed E-state index contributed by atoms with van der Waals surface area (Å²) in [5, 5.41) is -0.292. The average Bonchev–Trinajstić information content (AvgIpc) is 3.31. The molecule has 5 rings (SSSR count). The Morgan fingerprint density at radius 1 is 0.868 bits per heavy atom. The topological polar surface area (TPSA) is 144 Å². The smallest absolute Gasteiger partial charge is 0.247 e. The predicted molar refractivity (Wildman–Crippen MR) is 137 cm³/mol. The third kappa shape index (κ3) is 4.70. The first-order valence-electron chi connectivity index (χ1n) is 11.5. The first kappa shape index (κ1) is 25.0. The van der Waals surface area contributed by atoms with Crippen molar-refractivity contribution in [3.05, 3.63) is 66.7 Å². The third-order valence-electron chi connectivity index (χ3n) is 5.45. The molecule has 1 aromatic carbocycles. The lowest BCUT2D eigenvalue weighted by Gasteiger charge is -2.16. The largest absolute Gasteiger partial charge is 0.494 e. The van der Waals surface area contributed by atoms with E-state index < -0.39 is 15.6 Å². The lowest BCUT2D eigenvalue weighted by Crippen LogP contribution is -2.11. The molecule has 13 heteroatoms. The Morgan fingerprint density at radius 2 is 1.58 bits per heavy atom. The van der Waals surface area contributed by atoms with Gasteiger partial charge in [0.25, 0.3) is 0 Å². The number of aromatic nitrogens is 7. The van der Waals surface area contributed by atoms with Crippen LogP contribution in [0.2, 0.25) is 0 Å². The number of imidazole rings is 1. The molecule has 0 N–H and O–H groups in total. The van der Waals surface area contributed by atoms with Crippen LogP contribution in [-0.2, 0) is 15.6 Å². The van der Waals surface area contributed by atoms with Crippen molar-refractivity contribution >= 4 is 21.1 Å². The second-order valence-corrected chi connectivity index (χ2v) is 9.76. The second-order valence-electron chi connectivity index (χ2n) is 7.88. The van der Waals surface area contributed by atoms with Gasteiger partial charge in [-0.1, -0.05) is 12.1 Å². The van der Waals surface area contributed by atoms with Crippen molar-refractivity contribution < 1.29 is 22.6 Å². The Morgan fingerprint density at radius 3 is 2.26 bits per heavy atom. The monoisotopic (exact) mass is 533 g/mol. The summed E-state index contributed by atoms with van der Waals surface area (Å²) in [5.41, 5.74) is 1.72. The molecule has 0 aliphatic heterocycles. The van der Waals surface area contributed by atoms with Gasteiger partial charge < -0.3 is 14.2 Å². The molecule has 0 bridgehead atoms. The van der Waals surface area contributed by atoms with Crippen molar-refractivity contribution in [3.8, 4) is 34.6 Å². The Labute approximate surface area is 218 Å². The van der Waals surface area contributed by atoms with E-state index in [0.29, 0.717) is 41.2 Å². The van der Waals surface area contributed by atoms with E-state index in [1.54, 1.807) is 47.0 Å². The van der Waals surface area contributed by atoms with E-state index in [9.17, 15) is 8.42 Å². The molecule has 0 unspecified atom stereocenters. The molecule has 0 aliphatic rings. The zero-order valence-electron chi connectivity index (χ0n) is 20.8. The Bertz CT molecular complexity index is 1690. The van der Waals surface area contributed by atoms with Crippen molar-refractivity contribution in [2.45, 2.75) is 17.8 Å². The van der Waals surface area contributed by atoms with Gasteiger partial charge in [-0.05, 0) is 31.2 Å². The first-order chi connectivity index (χ1) is 18.4. The minimum atomic E-state index is -3.88. The first-order valence-corrected chi connectivity index (χ1v) is 13.2. The van der Waals surface area contributed by atoms with E-state index in [0.717, 1.165) is 0 Å². The maximum absolute atomic E-state index is 12.9. The lowest BCUT2D eigenvalue weighted by molar-refractivity contribution is 0.327. The van der Waals surface area contributed by atoms with E-state index in [1.165, 1.54) is 32.8 Å². The molecule has 0 fully saturated rings. The fourth-order valence-corrected chi connectivity index (χ4v) is 4.97. The molecular weight excluding hydrogens is 510 g/mol. The average molecular weight is 534 g/mol. The van der Waals surface area contributed by atoms with E-state index in [2.05, 4.69) is 24.9 Å². The summed E-state index contributed by atoms with van der Waals surface area (Å²) in [5.74, 6) is 1.30.